The normalized spacial score (nSPS) is 11.3. The van der Waals surface area contributed by atoms with Crippen molar-refractivity contribution in [2.45, 2.75) is 13.0 Å². The molecule has 2 nitrogen and oxygen atoms in total. The summed E-state index contributed by atoms with van der Waals surface area (Å²) in [4.78, 5) is 0. The molecule has 0 atom stereocenters. The molecule has 0 aromatic heterocycles. The predicted octanol–water partition coefficient (Wildman–Crippen LogP) is 4.04. The first-order valence-electron chi connectivity index (χ1n) is 7.31. The maximum Gasteiger partial charge on any atom is 0.0287 e. The van der Waals surface area contributed by atoms with Gasteiger partial charge in [0.1, 0.15) is 0 Å². The van der Waals surface area contributed by atoms with Crippen LogP contribution in [0.2, 0.25) is 0 Å². The van der Waals surface area contributed by atoms with Crippen LogP contribution in [0.3, 0.4) is 0 Å². The van der Waals surface area contributed by atoms with Crippen molar-refractivity contribution in [3.05, 3.63) is 57.7 Å². The Balaban J connectivity index is 2.15. The number of fused-ring (bicyclic) bond motifs is 2. The Bertz CT molecular complexity index is 711. The zero-order chi connectivity index (χ0) is 14.7. The number of halogens is 1. The van der Waals surface area contributed by atoms with E-state index in [0.717, 1.165) is 26.1 Å². The van der Waals surface area contributed by atoms with Gasteiger partial charge < -0.3 is 11.1 Å². The summed E-state index contributed by atoms with van der Waals surface area (Å²) in [7, 11) is 0. The van der Waals surface area contributed by atoms with E-state index in [0.29, 0.717) is 0 Å². The van der Waals surface area contributed by atoms with E-state index in [1.807, 2.05) is 0 Å². The van der Waals surface area contributed by atoms with Gasteiger partial charge in [-0.3, -0.25) is 0 Å². The highest BCUT2D eigenvalue weighted by atomic mass is 127. The van der Waals surface area contributed by atoms with Crippen molar-refractivity contribution in [1.29, 1.82) is 0 Å². The molecule has 0 saturated carbocycles. The van der Waals surface area contributed by atoms with Crippen molar-refractivity contribution >= 4 is 44.1 Å². The van der Waals surface area contributed by atoms with Crippen LogP contribution in [0.4, 0.5) is 0 Å². The number of benzene rings is 3. The van der Waals surface area contributed by atoms with Crippen LogP contribution in [0.5, 0.6) is 0 Å². The number of nitrogens with two attached hydrogens (primary N) is 1. The minimum atomic E-state index is 0.737. The maximum absolute atomic E-state index is 5.57. The van der Waals surface area contributed by atoms with Crippen molar-refractivity contribution in [3.63, 3.8) is 0 Å². The molecule has 0 radical (unpaired) electrons. The SMILES string of the molecule is NCCCNCc1c2ccccc2c(I)c2ccccc12. The van der Waals surface area contributed by atoms with Crippen LogP contribution >= 0.6 is 22.6 Å². The van der Waals surface area contributed by atoms with E-state index in [4.69, 9.17) is 5.73 Å². The summed E-state index contributed by atoms with van der Waals surface area (Å²) < 4.78 is 1.34. The molecule has 0 fully saturated rings. The lowest BCUT2D eigenvalue weighted by atomic mass is 9.97. The van der Waals surface area contributed by atoms with Gasteiger partial charge in [0, 0.05) is 10.1 Å². The van der Waals surface area contributed by atoms with E-state index in [1.165, 1.54) is 30.7 Å². The zero-order valence-corrected chi connectivity index (χ0v) is 14.1. The number of rotatable bonds is 5. The topological polar surface area (TPSA) is 38.0 Å². The first-order chi connectivity index (χ1) is 10.3. The summed E-state index contributed by atoms with van der Waals surface area (Å²) in [5.74, 6) is 0. The van der Waals surface area contributed by atoms with Crippen LogP contribution in [0, 0.1) is 3.57 Å². The van der Waals surface area contributed by atoms with Crippen molar-refractivity contribution in [1.82, 2.24) is 5.32 Å². The predicted molar refractivity (Wildman–Crippen MR) is 99.5 cm³/mol. The van der Waals surface area contributed by atoms with Gasteiger partial charge in [-0.15, -0.1) is 0 Å². The Morgan fingerprint density at radius 2 is 1.38 bits per heavy atom. The third-order valence-electron chi connectivity index (χ3n) is 3.84. The Kier molecular flexibility index (Phi) is 4.73. The van der Waals surface area contributed by atoms with E-state index in [1.54, 1.807) is 0 Å². The molecular formula is C18H19IN2. The molecule has 3 aromatic rings. The lowest BCUT2D eigenvalue weighted by Crippen LogP contribution is -2.18. The van der Waals surface area contributed by atoms with Gasteiger partial charge in [0.25, 0.3) is 0 Å². The molecule has 0 amide bonds. The maximum atomic E-state index is 5.57. The minimum Gasteiger partial charge on any atom is -0.330 e. The van der Waals surface area contributed by atoms with Gasteiger partial charge in [-0.05, 0) is 69.2 Å². The van der Waals surface area contributed by atoms with Crippen LogP contribution < -0.4 is 11.1 Å². The van der Waals surface area contributed by atoms with Crippen LogP contribution in [-0.2, 0) is 6.54 Å². The number of nitrogens with one attached hydrogen (secondary N) is 1. The van der Waals surface area contributed by atoms with Gasteiger partial charge in [-0.1, -0.05) is 48.5 Å². The van der Waals surface area contributed by atoms with Crippen molar-refractivity contribution in [3.8, 4) is 0 Å². The molecule has 3 N–H and O–H groups in total. The smallest absolute Gasteiger partial charge is 0.0287 e. The third-order valence-corrected chi connectivity index (χ3v) is 5.00. The molecule has 0 unspecified atom stereocenters. The summed E-state index contributed by atoms with van der Waals surface area (Å²) in [6.45, 7) is 2.59. The molecule has 0 heterocycles. The molecule has 0 aliphatic heterocycles. The molecule has 0 aliphatic rings. The first-order valence-corrected chi connectivity index (χ1v) is 8.39. The summed E-state index contributed by atoms with van der Waals surface area (Å²) >= 11 is 2.47. The highest BCUT2D eigenvalue weighted by molar-refractivity contribution is 14.1. The molecule has 108 valence electrons. The van der Waals surface area contributed by atoms with E-state index in [2.05, 4.69) is 76.4 Å². The lowest BCUT2D eigenvalue weighted by Gasteiger charge is -2.14. The fraction of sp³-hybridized carbons (Fsp3) is 0.222. The summed E-state index contributed by atoms with van der Waals surface area (Å²) in [5.41, 5.74) is 6.96. The molecule has 21 heavy (non-hydrogen) atoms. The van der Waals surface area contributed by atoms with Crippen molar-refractivity contribution in [2.24, 2.45) is 5.73 Å². The van der Waals surface area contributed by atoms with Crippen LogP contribution in [-0.4, -0.2) is 13.1 Å². The second-order valence-corrected chi connectivity index (χ2v) is 6.28. The molecule has 3 heteroatoms. The monoisotopic (exact) mass is 390 g/mol. The van der Waals surface area contributed by atoms with Gasteiger partial charge in [0.15, 0.2) is 0 Å². The first kappa shape index (κ1) is 14.8. The molecule has 0 bridgehead atoms. The van der Waals surface area contributed by atoms with Gasteiger partial charge >= 0.3 is 0 Å². The van der Waals surface area contributed by atoms with Crippen LogP contribution in [0.1, 0.15) is 12.0 Å². The van der Waals surface area contributed by atoms with Crippen LogP contribution in [0.15, 0.2) is 48.5 Å². The molecular weight excluding hydrogens is 371 g/mol. The zero-order valence-electron chi connectivity index (χ0n) is 11.9. The standard InChI is InChI=1S/C18H19IN2/c19-18-15-8-3-1-6-13(15)17(12-21-11-5-10-20)14-7-2-4-9-16(14)18/h1-4,6-9,21H,5,10-12,20H2. The minimum absolute atomic E-state index is 0.737. The summed E-state index contributed by atoms with van der Waals surface area (Å²) in [6.07, 6.45) is 1.01. The molecule has 0 saturated heterocycles. The van der Waals surface area contributed by atoms with E-state index in [9.17, 15) is 0 Å². The molecule has 0 spiro atoms. The third kappa shape index (κ3) is 2.91. The van der Waals surface area contributed by atoms with Crippen molar-refractivity contribution in [2.75, 3.05) is 13.1 Å². The Labute approximate surface area is 138 Å². The second-order valence-electron chi connectivity index (χ2n) is 5.20. The van der Waals surface area contributed by atoms with Crippen molar-refractivity contribution < 1.29 is 0 Å². The van der Waals surface area contributed by atoms with E-state index in [-0.39, 0.29) is 0 Å². The van der Waals surface area contributed by atoms with E-state index >= 15 is 0 Å². The highest BCUT2D eigenvalue weighted by Crippen LogP contribution is 2.33. The average Bonchev–Trinajstić information content (AvgIpc) is 2.54. The van der Waals surface area contributed by atoms with Gasteiger partial charge in [-0.2, -0.15) is 0 Å². The Morgan fingerprint density at radius 1 is 0.857 bits per heavy atom. The molecule has 3 aromatic carbocycles. The van der Waals surface area contributed by atoms with Gasteiger partial charge in [0.2, 0.25) is 0 Å². The Hall–Kier alpha value is -1.17. The van der Waals surface area contributed by atoms with E-state index < -0.39 is 0 Å². The van der Waals surface area contributed by atoms with Gasteiger partial charge in [-0.25, -0.2) is 0 Å². The Morgan fingerprint density at radius 3 is 1.90 bits per heavy atom. The number of hydrogen-bond acceptors (Lipinski definition) is 2. The fourth-order valence-corrected chi connectivity index (χ4v) is 3.74. The largest absolute Gasteiger partial charge is 0.330 e. The highest BCUT2D eigenvalue weighted by Gasteiger charge is 2.11. The van der Waals surface area contributed by atoms with Crippen LogP contribution in [0.25, 0.3) is 21.5 Å². The molecule has 3 rings (SSSR count). The fourth-order valence-electron chi connectivity index (χ4n) is 2.80. The number of hydrogen-bond donors (Lipinski definition) is 2. The summed E-state index contributed by atoms with van der Waals surface area (Å²) in [6, 6.07) is 17.4. The second kappa shape index (κ2) is 6.73. The quantitative estimate of drug-likeness (QED) is 0.392. The average molecular weight is 390 g/mol. The van der Waals surface area contributed by atoms with Gasteiger partial charge in [0.05, 0.1) is 0 Å². The summed E-state index contributed by atoms with van der Waals surface area (Å²) in [5, 5.41) is 8.90. The lowest BCUT2D eigenvalue weighted by molar-refractivity contribution is 0.659. The molecule has 0 aliphatic carbocycles.